The highest BCUT2D eigenvalue weighted by Crippen LogP contribution is 2.27. The van der Waals surface area contributed by atoms with Crippen LogP contribution in [0.2, 0.25) is 0 Å². The second kappa shape index (κ2) is 8.66. The van der Waals surface area contributed by atoms with Gasteiger partial charge in [0.1, 0.15) is 0 Å². The fraction of sp³-hybridized carbons (Fsp3) is 0.591. The third kappa shape index (κ3) is 5.43. The van der Waals surface area contributed by atoms with Crippen molar-refractivity contribution in [3.8, 4) is 11.1 Å². The van der Waals surface area contributed by atoms with E-state index in [0.717, 1.165) is 18.7 Å². The molecule has 0 atom stereocenters. The molecule has 0 amide bonds. The van der Waals surface area contributed by atoms with Crippen molar-refractivity contribution in [2.75, 3.05) is 19.6 Å². The molecule has 0 bridgehead atoms. The van der Waals surface area contributed by atoms with Crippen molar-refractivity contribution in [1.29, 1.82) is 0 Å². The molecule has 3 nitrogen and oxygen atoms in total. The van der Waals surface area contributed by atoms with E-state index < -0.39 is 0 Å². The zero-order valence-electron chi connectivity index (χ0n) is 17.1. The highest BCUT2D eigenvalue weighted by molar-refractivity contribution is 5.69. The van der Waals surface area contributed by atoms with E-state index in [-0.39, 0.29) is 0 Å². The monoisotopic (exact) mass is 341 g/mol. The van der Waals surface area contributed by atoms with Crippen LogP contribution in [0.25, 0.3) is 11.1 Å². The Hall–Kier alpha value is -1.61. The first-order valence-electron chi connectivity index (χ1n) is 9.59. The lowest BCUT2D eigenvalue weighted by Gasteiger charge is -2.26. The summed E-state index contributed by atoms with van der Waals surface area (Å²) in [7, 11) is 2.02. The van der Waals surface area contributed by atoms with Gasteiger partial charge in [0.25, 0.3) is 0 Å². The van der Waals surface area contributed by atoms with Crippen molar-refractivity contribution < 1.29 is 0 Å². The first kappa shape index (κ1) is 19.7. The van der Waals surface area contributed by atoms with Crippen LogP contribution in [0.15, 0.2) is 24.3 Å². The van der Waals surface area contributed by atoms with Gasteiger partial charge in [-0.3, -0.25) is 4.68 Å². The Kier molecular flexibility index (Phi) is 6.83. The summed E-state index contributed by atoms with van der Waals surface area (Å²) in [6, 6.07) is 9.00. The topological polar surface area (TPSA) is 21.1 Å². The Morgan fingerprint density at radius 2 is 1.68 bits per heavy atom. The van der Waals surface area contributed by atoms with Gasteiger partial charge in [-0.15, -0.1) is 0 Å². The first-order valence-corrected chi connectivity index (χ1v) is 9.59. The summed E-state index contributed by atoms with van der Waals surface area (Å²) >= 11 is 0. The molecule has 1 heterocycles. The van der Waals surface area contributed by atoms with Gasteiger partial charge in [0.05, 0.1) is 5.69 Å². The van der Waals surface area contributed by atoms with Gasteiger partial charge in [-0.05, 0) is 43.2 Å². The highest BCUT2D eigenvalue weighted by Gasteiger charge is 2.13. The number of aromatic nitrogens is 2. The molecule has 0 aliphatic heterocycles. The Labute approximate surface area is 154 Å². The lowest BCUT2D eigenvalue weighted by molar-refractivity contribution is 0.222. The van der Waals surface area contributed by atoms with E-state index in [1.807, 2.05) is 11.7 Å². The molecule has 0 aliphatic carbocycles. The average molecular weight is 342 g/mol. The predicted molar refractivity (Wildman–Crippen MR) is 108 cm³/mol. The van der Waals surface area contributed by atoms with Gasteiger partial charge in [-0.1, -0.05) is 52.0 Å². The Balaban J connectivity index is 2.13. The van der Waals surface area contributed by atoms with E-state index in [2.05, 4.69) is 75.8 Å². The molecule has 0 N–H and O–H groups in total. The Bertz CT molecular complexity index is 673. The smallest absolute Gasteiger partial charge is 0.0674 e. The number of aryl methyl sites for hydroxylation is 2. The van der Waals surface area contributed by atoms with E-state index in [4.69, 9.17) is 0 Å². The zero-order valence-corrected chi connectivity index (χ0v) is 17.1. The summed E-state index contributed by atoms with van der Waals surface area (Å²) in [6.07, 6.45) is 1.10. The van der Waals surface area contributed by atoms with E-state index in [1.165, 1.54) is 35.5 Å². The minimum absolute atomic E-state index is 0.714. The zero-order chi connectivity index (χ0) is 18.6. The summed E-state index contributed by atoms with van der Waals surface area (Å²) < 4.78 is 1.98. The number of benzene rings is 1. The SMILES string of the molecule is Cc1nn(C)c(C)c1-c1cccc(CCN(CC(C)C)CC(C)C)c1. The second-order valence-corrected chi connectivity index (χ2v) is 8.17. The summed E-state index contributed by atoms with van der Waals surface area (Å²) in [6.45, 7) is 17.0. The van der Waals surface area contributed by atoms with Crippen LogP contribution >= 0.6 is 0 Å². The third-order valence-electron chi connectivity index (χ3n) is 4.69. The molecule has 2 aromatic rings. The summed E-state index contributed by atoms with van der Waals surface area (Å²) in [4.78, 5) is 2.61. The number of nitrogens with zero attached hydrogens (tertiary/aromatic N) is 3. The quantitative estimate of drug-likeness (QED) is 0.683. The predicted octanol–water partition coefficient (Wildman–Crippen LogP) is 4.86. The third-order valence-corrected chi connectivity index (χ3v) is 4.69. The molecule has 3 heteroatoms. The van der Waals surface area contributed by atoms with Gasteiger partial charge in [0, 0.05) is 37.9 Å². The lowest BCUT2D eigenvalue weighted by Crippen LogP contribution is -2.33. The van der Waals surface area contributed by atoms with Gasteiger partial charge in [0.2, 0.25) is 0 Å². The van der Waals surface area contributed by atoms with Crippen LogP contribution < -0.4 is 0 Å². The number of hydrogen-bond acceptors (Lipinski definition) is 2. The largest absolute Gasteiger partial charge is 0.302 e. The van der Waals surface area contributed by atoms with Crippen molar-refractivity contribution in [3.63, 3.8) is 0 Å². The van der Waals surface area contributed by atoms with E-state index in [1.54, 1.807) is 0 Å². The molecule has 0 radical (unpaired) electrons. The number of rotatable bonds is 8. The molecule has 0 saturated heterocycles. The van der Waals surface area contributed by atoms with E-state index in [9.17, 15) is 0 Å². The summed E-state index contributed by atoms with van der Waals surface area (Å²) in [5.41, 5.74) is 6.33. The van der Waals surface area contributed by atoms with Crippen molar-refractivity contribution >= 4 is 0 Å². The summed E-state index contributed by atoms with van der Waals surface area (Å²) in [5, 5.41) is 4.56. The van der Waals surface area contributed by atoms with E-state index in [0.29, 0.717) is 11.8 Å². The van der Waals surface area contributed by atoms with Gasteiger partial charge in [0.15, 0.2) is 0 Å². The minimum atomic E-state index is 0.714. The van der Waals surface area contributed by atoms with Crippen LogP contribution in [0.4, 0.5) is 0 Å². The van der Waals surface area contributed by atoms with Crippen LogP contribution in [0.1, 0.15) is 44.6 Å². The first-order chi connectivity index (χ1) is 11.8. The van der Waals surface area contributed by atoms with Crippen LogP contribution in [0.5, 0.6) is 0 Å². The van der Waals surface area contributed by atoms with Crippen molar-refractivity contribution in [1.82, 2.24) is 14.7 Å². The molecule has 0 unspecified atom stereocenters. The molecule has 2 rings (SSSR count). The molecular formula is C22H35N3. The van der Waals surface area contributed by atoms with Crippen molar-refractivity contribution in [2.45, 2.75) is 48.0 Å². The molecule has 138 valence electrons. The molecule has 0 fully saturated rings. The highest BCUT2D eigenvalue weighted by atomic mass is 15.3. The maximum Gasteiger partial charge on any atom is 0.0674 e. The van der Waals surface area contributed by atoms with Crippen LogP contribution in [-0.4, -0.2) is 34.3 Å². The van der Waals surface area contributed by atoms with E-state index >= 15 is 0 Å². The average Bonchev–Trinajstić information content (AvgIpc) is 2.77. The maximum atomic E-state index is 4.56. The molecular weight excluding hydrogens is 306 g/mol. The molecule has 0 saturated carbocycles. The molecule has 1 aromatic carbocycles. The second-order valence-electron chi connectivity index (χ2n) is 8.17. The molecule has 0 aliphatic rings. The van der Waals surface area contributed by atoms with Gasteiger partial charge in [-0.2, -0.15) is 5.10 Å². The summed E-state index contributed by atoms with van der Waals surface area (Å²) in [5.74, 6) is 1.43. The minimum Gasteiger partial charge on any atom is -0.302 e. The fourth-order valence-electron chi connectivity index (χ4n) is 3.65. The normalized spacial score (nSPS) is 11.9. The standard InChI is InChI=1S/C22H35N3/c1-16(2)14-25(15-17(3)4)12-11-20-9-8-10-21(13-20)22-18(5)23-24(7)19(22)6/h8-10,13,16-17H,11-12,14-15H2,1-7H3. The van der Waals surface area contributed by atoms with Crippen LogP contribution in [0.3, 0.4) is 0 Å². The maximum absolute atomic E-state index is 4.56. The lowest BCUT2D eigenvalue weighted by atomic mass is 10.00. The van der Waals surface area contributed by atoms with Crippen LogP contribution in [-0.2, 0) is 13.5 Å². The van der Waals surface area contributed by atoms with Gasteiger partial charge in [-0.25, -0.2) is 0 Å². The Morgan fingerprint density at radius 3 is 2.20 bits per heavy atom. The molecule has 25 heavy (non-hydrogen) atoms. The number of hydrogen-bond donors (Lipinski definition) is 0. The molecule has 1 aromatic heterocycles. The van der Waals surface area contributed by atoms with Crippen LogP contribution in [0, 0.1) is 25.7 Å². The van der Waals surface area contributed by atoms with Crippen molar-refractivity contribution in [3.05, 3.63) is 41.2 Å². The Morgan fingerprint density at radius 1 is 1.04 bits per heavy atom. The van der Waals surface area contributed by atoms with Gasteiger partial charge >= 0.3 is 0 Å². The van der Waals surface area contributed by atoms with Gasteiger partial charge < -0.3 is 4.90 Å². The fourth-order valence-corrected chi connectivity index (χ4v) is 3.65. The molecule has 0 spiro atoms. The van der Waals surface area contributed by atoms with Crippen molar-refractivity contribution in [2.24, 2.45) is 18.9 Å².